The van der Waals surface area contributed by atoms with E-state index in [2.05, 4.69) is 5.16 Å². The summed E-state index contributed by atoms with van der Waals surface area (Å²) in [4.78, 5) is 29.1. The number of ether oxygens (including phenoxy) is 1. The van der Waals surface area contributed by atoms with Crippen molar-refractivity contribution < 1.29 is 19.2 Å². The highest BCUT2D eigenvalue weighted by molar-refractivity contribution is 6.31. The van der Waals surface area contributed by atoms with Crippen LogP contribution in [0.1, 0.15) is 21.5 Å². The molecule has 0 spiro atoms. The number of carbonyl (C=O) groups excluding carboxylic acids is 2. The molecule has 0 amide bonds. The van der Waals surface area contributed by atoms with Crippen LogP contribution >= 0.6 is 11.6 Å². The minimum atomic E-state index is -0.512. The van der Waals surface area contributed by atoms with Gasteiger partial charge in [-0.1, -0.05) is 59.2 Å². The Balaban J connectivity index is 1.51. The molecule has 1 heterocycles. The number of benzene rings is 3. The fourth-order valence-electron chi connectivity index (χ4n) is 2.76. The number of nitrogens with zero attached hydrogens (tertiary/aromatic N) is 1. The first-order valence-corrected chi connectivity index (χ1v) is 9.12. The Morgan fingerprint density at radius 3 is 2.31 bits per heavy atom. The Kier molecular flexibility index (Phi) is 5.22. The van der Waals surface area contributed by atoms with Crippen molar-refractivity contribution in [3.05, 3.63) is 106 Å². The highest BCUT2D eigenvalue weighted by Crippen LogP contribution is 2.22. The largest absolute Gasteiger partial charge is 0.423 e. The molecule has 3 aromatic carbocycles. The quantitative estimate of drug-likeness (QED) is 0.269. The average molecular weight is 404 g/mol. The van der Waals surface area contributed by atoms with Gasteiger partial charge in [-0.2, -0.15) is 0 Å². The number of rotatable bonds is 4. The van der Waals surface area contributed by atoms with Gasteiger partial charge in [0, 0.05) is 10.6 Å². The van der Waals surface area contributed by atoms with E-state index in [9.17, 15) is 9.59 Å². The fourth-order valence-corrected chi connectivity index (χ4v) is 2.89. The van der Waals surface area contributed by atoms with Gasteiger partial charge < -0.3 is 9.57 Å². The van der Waals surface area contributed by atoms with Crippen molar-refractivity contribution in [2.24, 2.45) is 5.16 Å². The summed E-state index contributed by atoms with van der Waals surface area (Å²) in [5, 5.41) is 4.43. The standard InChI is InChI=1S/C23H14ClNO4/c24-18-10-8-17(9-11-18)22(26)28-19-12-6-15(7-13-19)14-20-21(25-29-23(20)27)16-4-2-1-3-5-16/h1-14H/b20-14+. The molecule has 0 bridgehead atoms. The lowest BCUT2D eigenvalue weighted by Gasteiger charge is -2.05. The monoisotopic (exact) mass is 403 g/mol. The van der Waals surface area contributed by atoms with Gasteiger partial charge in [-0.05, 0) is 48.0 Å². The van der Waals surface area contributed by atoms with Crippen molar-refractivity contribution in [1.82, 2.24) is 0 Å². The molecule has 4 rings (SSSR count). The van der Waals surface area contributed by atoms with E-state index < -0.39 is 11.9 Å². The Morgan fingerprint density at radius 2 is 1.62 bits per heavy atom. The summed E-state index contributed by atoms with van der Waals surface area (Å²) in [7, 11) is 0. The van der Waals surface area contributed by atoms with Gasteiger partial charge in [0.25, 0.3) is 0 Å². The molecule has 5 nitrogen and oxygen atoms in total. The molecule has 0 saturated carbocycles. The van der Waals surface area contributed by atoms with Gasteiger partial charge in [-0.15, -0.1) is 0 Å². The summed E-state index contributed by atoms with van der Waals surface area (Å²) in [5.74, 6) is -0.606. The van der Waals surface area contributed by atoms with Crippen LogP contribution in [0.15, 0.2) is 89.6 Å². The molecule has 0 aromatic heterocycles. The third-order valence-electron chi connectivity index (χ3n) is 4.22. The number of hydrogen-bond donors (Lipinski definition) is 0. The third-order valence-corrected chi connectivity index (χ3v) is 4.48. The lowest BCUT2D eigenvalue weighted by molar-refractivity contribution is -0.136. The minimum Gasteiger partial charge on any atom is -0.423 e. The lowest BCUT2D eigenvalue weighted by Crippen LogP contribution is -2.08. The second-order valence-corrected chi connectivity index (χ2v) is 6.64. The molecule has 1 aliphatic heterocycles. The molecule has 0 aliphatic carbocycles. The van der Waals surface area contributed by atoms with Gasteiger partial charge in [0.2, 0.25) is 0 Å². The maximum Gasteiger partial charge on any atom is 0.368 e. The van der Waals surface area contributed by atoms with E-state index in [0.29, 0.717) is 27.6 Å². The Morgan fingerprint density at radius 1 is 0.931 bits per heavy atom. The van der Waals surface area contributed by atoms with Crippen LogP contribution in [0.4, 0.5) is 0 Å². The zero-order chi connectivity index (χ0) is 20.2. The first-order chi connectivity index (χ1) is 14.1. The molecule has 1 aliphatic rings. The van der Waals surface area contributed by atoms with Gasteiger partial charge >= 0.3 is 11.9 Å². The molecule has 3 aromatic rings. The van der Waals surface area contributed by atoms with Crippen LogP contribution in [0.3, 0.4) is 0 Å². The first kappa shape index (κ1) is 18.7. The second kappa shape index (κ2) is 8.12. The van der Waals surface area contributed by atoms with E-state index >= 15 is 0 Å². The Bertz CT molecular complexity index is 1120. The summed E-state index contributed by atoms with van der Waals surface area (Å²) in [6.07, 6.45) is 1.69. The molecule has 29 heavy (non-hydrogen) atoms. The molecule has 0 radical (unpaired) electrons. The first-order valence-electron chi connectivity index (χ1n) is 8.75. The highest BCUT2D eigenvalue weighted by atomic mass is 35.5. The predicted octanol–water partition coefficient (Wildman–Crippen LogP) is 4.90. The van der Waals surface area contributed by atoms with Crippen molar-refractivity contribution >= 4 is 35.3 Å². The maximum atomic E-state index is 12.2. The van der Waals surface area contributed by atoms with Crippen LogP contribution in [0.2, 0.25) is 5.02 Å². The topological polar surface area (TPSA) is 65.0 Å². The van der Waals surface area contributed by atoms with Crippen LogP contribution in [0.5, 0.6) is 5.75 Å². The summed E-state index contributed by atoms with van der Waals surface area (Å²) in [5.41, 5.74) is 2.78. The molecule has 142 valence electrons. The molecule has 6 heteroatoms. The van der Waals surface area contributed by atoms with Crippen molar-refractivity contribution in [1.29, 1.82) is 0 Å². The molecule has 0 unspecified atom stereocenters. The molecule has 0 N–H and O–H groups in total. The number of halogens is 1. The lowest BCUT2D eigenvalue weighted by atomic mass is 10.0. The Hall–Kier alpha value is -3.70. The number of oxime groups is 1. The summed E-state index contributed by atoms with van der Waals surface area (Å²) in [6, 6.07) is 22.6. The molecule has 0 saturated heterocycles. The van der Waals surface area contributed by atoms with Crippen LogP contribution < -0.4 is 4.74 Å². The van der Waals surface area contributed by atoms with Crippen molar-refractivity contribution in [2.75, 3.05) is 0 Å². The summed E-state index contributed by atoms with van der Waals surface area (Å²) in [6.45, 7) is 0. The average Bonchev–Trinajstić information content (AvgIpc) is 3.11. The predicted molar refractivity (Wildman–Crippen MR) is 110 cm³/mol. The fraction of sp³-hybridized carbons (Fsp3) is 0. The smallest absolute Gasteiger partial charge is 0.368 e. The number of esters is 1. The summed E-state index contributed by atoms with van der Waals surface area (Å²) < 4.78 is 5.36. The maximum absolute atomic E-state index is 12.2. The van der Waals surface area contributed by atoms with E-state index in [4.69, 9.17) is 21.2 Å². The highest BCUT2D eigenvalue weighted by Gasteiger charge is 2.26. The van der Waals surface area contributed by atoms with Gasteiger partial charge in [0.1, 0.15) is 11.5 Å². The van der Waals surface area contributed by atoms with E-state index in [0.717, 1.165) is 11.1 Å². The van der Waals surface area contributed by atoms with E-state index in [1.165, 1.54) is 0 Å². The molecule has 0 atom stereocenters. The van der Waals surface area contributed by atoms with Gasteiger partial charge in [0.15, 0.2) is 0 Å². The van der Waals surface area contributed by atoms with Crippen molar-refractivity contribution in [3.8, 4) is 5.75 Å². The van der Waals surface area contributed by atoms with Crippen LogP contribution in [0.25, 0.3) is 6.08 Å². The normalized spacial score (nSPS) is 14.4. The third kappa shape index (κ3) is 4.25. The van der Waals surface area contributed by atoms with E-state index in [1.807, 2.05) is 30.3 Å². The van der Waals surface area contributed by atoms with Crippen molar-refractivity contribution in [3.63, 3.8) is 0 Å². The van der Waals surface area contributed by atoms with Crippen LogP contribution in [-0.2, 0) is 9.63 Å². The molecular weight excluding hydrogens is 390 g/mol. The van der Waals surface area contributed by atoms with Crippen LogP contribution in [-0.4, -0.2) is 17.7 Å². The molecular formula is C23H14ClNO4. The zero-order valence-corrected chi connectivity index (χ0v) is 15.8. The van der Waals surface area contributed by atoms with Crippen molar-refractivity contribution in [2.45, 2.75) is 0 Å². The minimum absolute atomic E-state index is 0.363. The Labute approximate surface area is 171 Å². The SMILES string of the molecule is O=C1ON=C(c2ccccc2)/C1=C\c1ccc(OC(=O)c2ccc(Cl)cc2)cc1. The van der Waals surface area contributed by atoms with E-state index in [-0.39, 0.29) is 0 Å². The number of hydrogen-bond acceptors (Lipinski definition) is 5. The molecule has 0 fully saturated rings. The zero-order valence-electron chi connectivity index (χ0n) is 15.0. The van der Waals surface area contributed by atoms with Gasteiger partial charge in [-0.3, -0.25) is 0 Å². The summed E-state index contributed by atoms with van der Waals surface area (Å²) >= 11 is 5.82. The van der Waals surface area contributed by atoms with Gasteiger partial charge in [0.05, 0.1) is 11.1 Å². The van der Waals surface area contributed by atoms with Crippen LogP contribution in [0, 0.1) is 0 Å². The van der Waals surface area contributed by atoms with E-state index in [1.54, 1.807) is 54.6 Å². The second-order valence-electron chi connectivity index (χ2n) is 6.21. The number of carbonyl (C=O) groups is 2. The van der Waals surface area contributed by atoms with Gasteiger partial charge in [-0.25, -0.2) is 9.59 Å².